The van der Waals surface area contributed by atoms with Crippen molar-refractivity contribution in [2.24, 2.45) is 5.73 Å². The van der Waals surface area contributed by atoms with Crippen molar-refractivity contribution < 1.29 is 9.63 Å². The molecule has 1 atom stereocenters. The van der Waals surface area contributed by atoms with Gasteiger partial charge in [-0.15, -0.1) is 0 Å². The van der Waals surface area contributed by atoms with Crippen LogP contribution in [0.5, 0.6) is 5.75 Å². The lowest BCUT2D eigenvalue weighted by atomic mass is 9.85. The van der Waals surface area contributed by atoms with Crippen LogP contribution in [-0.4, -0.2) is 15.2 Å². The number of phenols is 1. The molecule has 5 nitrogen and oxygen atoms in total. The van der Waals surface area contributed by atoms with E-state index in [2.05, 4.69) is 10.1 Å². The van der Waals surface area contributed by atoms with Crippen molar-refractivity contribution in [3.05, 3.63) is 41.5 Å². The van der Waals surface area contributed by atoms with Gasteiger partial charge in [-0.25, -0.2) is 0 Å². The van der Waals surface area contributed by atoms with E-state index < -0.39 is 0 Å². The van der Waals surface area contributed by atoms with Crippen molar-refractivity contribution in [1.29, 1.82) is 0 Å². The molecule has 19 heavy (non-hydrogen) atoms. The van der Waals surface area contributed by atoms with Crippen molar-refractivity contribution in [3.63, 3.8) is 0 Å². The third kappa shape index (κ3) is 2.61. The minimum absolute atomic E-state index is 0.252. The molecule has 1 fully saturated rings. The molecule has 3 N–H and O–H groups in total. The smallest absolute Gasteiger partial charge is 0.243 e. The molecule has 0 radical (unpaired) electrons. The average Bonchev–Trinajstić information content (AvgIpc) is 2.79. The quantitative estimate of drug-likeness (QED) is 0.879. The predicted molar refractivity (Wildman–Crippen MR) is 69.6 cm³/mol. The van der Waals surface area contributed by atoms with Gasteiger partial charge in [0.05, 0.1) is 6.04 Å². The van der Waals surface area contributed by atoms with Gasteiger partial charge in [0.1, 0.15) is 5.75 Å². The fraction of sp³-hybridized carbons (Fsp3) is 0.429. The monoisotopic (exact) mass is 259 g/mol. The molecule has 0 saturated heterocycles. The number of rotatable bonds is 4. The van der Waals surface area contributed by atoms with Gasteiger partial charge in [-0.2, -0.15) is 4.98 Å². The summed E-state index contributed by atoms with van der Waals surface area (Å²) >= 11 is 0. The Morgan fingerprint density at radius 3 is 2.68 bits per heavy atom. The minimum Gasteiger partial charge on any atom is -0.508 e. The number of hydrogen-bond acceptors (Lipinski definition) is 5. The SMILES string of the molecule is N[C@H](Cc1ccc(O)cc1)c1nc(C2CCC2)no1. The van der Waals surface area contributed by atoms with Crippen molar-refractivity contribution in [1.82, 2.24) is 10.1 Å². The van der Waals surface area contributed by atoms with Gasteiger partial charge in [-0.1, -0.05) is 23.7 Å². The molecule has 1 aliphatic rings. The van der Waals surface area contributed by atoms with Crippen LogP contribution in [0.15, 0.2) is 28.8 Å². The molecule has 0 bridgehead atoms. The molecule has 2 aromatic rings. The van der Waals surface area contributed by atoms with E-state index in [4.69, 9.17) is 10.3 Å². The highest BCUT2D eigenvalue weighted by Gasteiger charge is 2.26. The third-order valence-corrected chi connectivity index (χ3v) is 3.64. The van der Waals surface area contributed by atoms with Crippen molar-refractivity contribution >= 4 is 0 Å². The predicted octanol–water partition coefficient (Wildman–Crippen LogP) is 2.29. The molecule has 0 amide bonds. The van der Waals surface area contributed by atoms with Gasteiger partial charge in [0.15, 0.2) is 5.82 Å². The molecule has 100 valence electrons. The zero-order valence-corrected chi connectivity index (χ0v) is 10.6. The zero-order valence-electron chi connectivity index (χ0n) is 10.6. The first-order valence-corrected chi connectivity index (χ1v) is 6.59. The Morgan fingerprint density at radius 2 is 2.05 bits per heavy atom. The standard InChI is InChI=1S/C14H17N3O2/c15-12(8-9-4-6-11(18)7-5-9)14-16-13(17-19-14)10-2-1-3-10/h4-7,10,12,18H,1-3,8,15H2/t12-/m1/s1. The van der Waals surface area contributed by atoms with Crippen LogP contribution in [0.1, 0.15) is 48.5 Å². The lowest BCUT2D eigenvalue weighted by Gasteiger charge is -2.21. The maximum Gasteiger partial charge on any atom is 0.243 e. The largest absolute Gasteiger partial charge is 0.508 e. The minimum atomic E-state index is -0.300. The normalized spacial score (nSPS) is 17.1. The second kappa shape index (κ2) is 5.01. The molecule has 1 aliphatic carbocycles. The van der Waals surface area contributed by atoms with E-state index in [0.717, 1.165) is 24.2 Å². The first-order valence-electron chi connectivity index (χ1n) is 6.59. The Morgan fingerprint density at radius 1 is 1.32 bits per heavy atom. The van der Waals surface area contributed by atoms with E-state index in [1.807, 2.05) is 12.1 Å². The summed E-state index contributed by atoms with van der Waals surface area (Å²) in [4.78, 5) is 4.39. The van der Waals surface area contributed by atoms with Gasteiger partial charge in [0.2, 0.25) is 5.89 Å². The number of nitrogens with zero attached hydrogens (tertiary/aromatic N) is 2. The van der Waals surface area contributed by atoms with Crippen LogP contribution in [0.2, 0.25) is 0 Å². The number of benzene rings is 1. The highest BCUT2D eigenvalue weighted by Crippen LogP contribution is 2.34. The van der Waals surface area contributed by atoms with Crippen molar-refractivity contribution in [2.75, 3.05) is 0 Å². The highest BCUT2D eigenvalue weighted by atomic mass is 16.5. The number of nitrogens with two attached hydrogens (primary N) is 1. The van der Waals surface area contributed by atoms with E-state index in [-0.39, 0.29) is 11.8 Å². The molecule has 1 saturated carbocycles. The second-order valence-corrected chi connectivity index (χ2v) is 5.10. The number of aromatic nitrogens is 2. The van der Waals surface area contributed by atoms with E-state index in [1.165, 1.54) is 6.42 Å². The summed E-state index contributed by atoms with van der Waals surface area (Å²) in [7, 11) is 0. The molecule has 0 aliphatic heterocycles. The summed E-state index contributed by atoms with van der Waals surface area (Å²) in [6, 6.07) is 6.69. The van der Waals surface area contributed by atoms with E-state index >= 15 is 0 Å². The third-order valence-electron chi connectivity index (χ3n) is 3.64. The maximum atomic E-state index is 9.23. The van der Waals surface area contributed by atoms with Crippen molar-refractivity contribution in [3.8, 4) is 5.75 Å². The maximum absolute atomic E-state index is 9.23. The highest BCUT2D eigenvalue weighted by molar-refractivity contribution is 5.26. The number of aromatic hydroxyl groups is 1. The van der Waals surface area contributed by atoms with Gasteiger partial charge in [-0.3, -0.25) is 0 Å². The van der Waals surface area contributed by atoms with E-state index in [1.54, 1.807) is 12.1 Å². The summed E-state index contributed by atoms with van der Waals surface area (Å²) in [5, 5.41) is 13.2. The summed E-state index contributed by atoms with van der Waals surface area (Å²) in [5.74, 6) is 2.00. The van der Waals surface area contributed by atoms with E-state index in [0.29, 0.717) is 18.2 Å². The van der Waals surface area contributed by atoms with Gasteiger partial charge >= 0.3 is 0 Å². The number of phenolic OH excluding ortho intramolecular Hbond substituents is 1. The van der Waals surface area contributed by atoms with Gasteiger partial charge in [0, 0.05) is 5.92 Å². The molecule has 0 unspecified atom stereocenters. The Hall–Kier alpha value is -1.88. The van der Waals surface area contributed by atoms with Crippen LogP contribution in [0, 0.1) is 0 Å². The van der Waals surface area contributed by atoms with Gasteiger partial charge in [-0.05, 0) is 37.0 Å². The van der Waals surface area contributed by atoms with Crippen LogP contribution in [0.3, 0.4) is 0 Å². The molecule has 5 heteroatoms. The Kier molecular flexibility index (Phi) is 3.21. The summed E-state index contributed by atoms with van der Waals surface area (Å²) in [6.07, 6.45) is 4.15. The second-order valence-electron chi connectivity index (χ2n) is 5.10. The van der Waals surface area contributed by atoms with Crippen LogP contribution >= 0.6 is 0 Å². The lowest BCUT2D eigenvalue weighted by Crippen LogP contribution is -2.15. The molecular weight excluding hydrogens is 242 g/mol. The number of hydrogen-bond donors (Lipinski definition) is 2. The summed E-state index contributed by atoms with van der Waals surface area (Å²) in [6.45, 7) is 0. The Balaban J connectivity index is 1.67. The zero-order chi connectivity index (χ0) is 13.2. The van der Waals surface area contributed by atoms with Gasteiger partial charge in [0.25, 0.3) is 0 Å². The van der Waals surface area contributed by atoms with Crippen LogP contribution < -0.4 is 5.73 Å². The fourth-order valence-electron chi connectivity index (χ4n) is 2.20. The molecule has 3 rings (SSSR count). The molecule has 0 spiro atoms. The van der Waals surface area contributed by atoms with Gasteiger partial charge < -0.3 is 15.4 Å². The first-order chi connectivity index (χ1) is 9.22. The molecule has 1 heterocycles. The topological polar surface area (TPSA) is 85.2 Å². The average molecular weight is 259 g/mol. The fourth-order valence-corrected chi connectivity index (χ4v) is 2.20. The molecule has 1 aromatic carbocycles. The summed E-state index contributed by atoms with van der Waals surface area (Å²) < 4.78 is 5.24. The van der Waals surface area contributed by atoms with Crippen LogP contribution in [0.25, 0.3) is 0 Å². The molecular formula is C14H17N3O2. The molecule has 1 aromatic heterocycles. The lowest BCUT2D eigenvalue weighted by molar-refractivity contribution is 0.334. The summed E-state index contributed by atoms with van der Waals surface area (Å²) in [5.41, 5.74) is 7.12. The Bertz CT molecular complexity index is 546. The van der Waals surface area contributed by atoms with Crippen molar-refractivity contribution in [2.45, 2.75) is 37.6 Å². The first kappa shape index (κ1) is 12.2. The Labute approximate surface area is 111 Å². The van der Waals surface area contributed by atoms with Crippen LogP contribution in [-0.2, 0) is 6.42 Å². The van der Waals surface area contributed by atoms with E-state index in [9.17, 15) is 5.11 Å². The van der Waals surface area contributed by atoms with Crippen LogP contribution in [0.4, 0.5) is 0 Å².